The van der Waals surface area contributed by atoms with Crippen LogP contribution in [0.15, 0.2) is 24.3 Å². The number of likely N-dealkylation sites (N-methyl/N-ethyl adjacent to an activating group) is 1. The normalized spacial score (nSPS) is 10.1. The highest BCUT2D eigenvalue weighted by molar-refractivity contribution is 14.1. The van der Waals surface area contributed by atoms with Gasteiger partial charge in [0.05, 0.1) is 12.2 Å². The summed E-state index contributed by atoms with van der Waals surface area (Å²) >= 11 is 2.17. The lowest BCUT2D eigenvalue weighted by molar-refractivity contribution is 0.0743. The van der Waals surface area contributed by atoms with Gasteiger partial charge in [0.1, 0.15) is 0 Å². The minimum absolute atomic E-state index is 0.0389. The average Bonchev–Trinajstić information content (AvgIpc) is 2.25. The first-order valence-electron chi connectivity index (χ1n) is 4.65. The van der Waals surface area contributed by atoms with Crippen molar-refractivity contribution >= 4 is 28.5 Å². The summed E-state index contributed by atoms with van der Waals surface area (Å²) in [5, 5.41) is 0. The van der Waals surface area contributed by atoms with Crippen molar-refractivity contribution in [3.8, 4) is 0 Å². The van der Waals surface area contributed by atoms with Crippen LogP contribution >= 0.6 is 22.6 Å². The number of hydrogen-bond donors (Lipinski definition) is 0. The summed E-state index contributed by atoms with van der Waals surface area (Å²) in [5.41, 5.74) is 0.747. The number of ether oxygens (including phenoxy) is 1. The van der Waals surface area contributed by atoms with Crippen molar-refractivity contribution in [3.05, 3.63) is 33.4 Å². The molecule has 3 nitrogen and oxygen atoms in total. The molecule has 1 aromatic carbocycles. The van der Waals surface area contributed by atoms with Gasteiger partial charge in [-0.25, -0.2) is 0 Å². The molecule has 0 unspecified atom stereocenters. The second-order valence-electron chi connectivity index (χ2n) is 3.20. The zero-order valence-corrected chi connectivity index (χ0v) is 11.0. The third kappa shape index (κ3) is 3.46. The fourth-order valence-electron chi connectivity index (χ4n) is 1.17. The van der Waals surface area contributed by atoms with E-state index in [0.29, 0.717) is 13.2 Å². The fourth-order valence-corrected chi connectivity index (χ4v) is 1.79. The van der Waals surface area contributed by atoms with Crippen molar-refractivity contribution in [3.63, 3.8) is 0 Å². The molecule has 0 aliphatic carbocycles. The van der Waals surface area contributed by atoms with Crippen molar-refractivity contribution in [2.75, 3.05) is 27.3 Å². The van der Waals surface area contributed by atoms with Gasteiger partial charge in [-0.1, -0.05) is 12.1 Å². The lowest BCUT2D eigenvalue weighted by Gasteiger charge is -2.17. The molecule has 1 rings (SSSR count). The Morgan fingerprint density at radius 1 is 1.47 bits per heavy atom. The van der Waals surface area contributed by atoms with Crippen LogP contribution in [0, 0.1) is 3.57 Å². The molecule has 0 N–H and O–H groups in total. The fraction of sp³-hybridized carbons (Fsp3) is 0.364. The maximum absolute atomic E-state index is 11.9. The van der Waals surface area contributed by atoms with E-state index in [2.05, 4.69) is 22.6 Å². The summed E-state index contributed by atoms with van der Waals surface area (Å²) in [6.45, 7) is 1.17. The number of benzene rings is 1. The molecule has 0 fully saturated rings. The van der Waals surface area contributed by atoms with Gasteiger partial charge >= 0.3 is 0 Å². The third-order valence-corrected chi connectivity index (χ3v) is 3.02. The molecule has 82 valence electrons. The van der Waals surface area contributed by atoms with Crippen molar-refractivity contribution in [1.29, 1.82) is 0 Å². The number of carbonyl (C=O) groups is 1. The zero-order valence-electron chi connectivity index (χ0n) is 8.87. The number of halogens is 1. The number of hydrogen-bond acceptors (Lipinski definition) is 2. The van der Waals surface area contributed by atoms with E-state index in [1.165, 1.54) is 0 Å². The van der Waals surface area contributed by atoms with Gasteiger partial charge in [0, 0.05) is 24.3 Å². The molecule has 15 heavy (non-hydrogen) atoms. The van der Waals surface area contributed by atoms with Gasteiger partial charge < -0.3 is 9.64 Å². The van der Waals surface area contributed by atoms with Crippen LogP contribution in [-0.2, 0) is 4.74 Å². The van der Waals surface area contributed by atoms with Gasteiger partial charge in [0.15, 0.2) is 0 Å². The molecule has 1 amide bonds. The zero-order chi connectivity index (χ0) is 11.3. The van der Waals surface area contributed by atoms with Gasteiger partial charge in [0.25, 0.3) is 5.91 Å². The molecule has 0 aliphatic rings. The molecule has 0 aliphatic heterocycles. The molecule has 0 aromatic heterocycles. The SMILES string of the molecule is COCCN(C)C(=O)c1ccccc1I. The topological polar surface area (TPSA) is 29.5 Å². The second-order valence-corrected chi connectivity index (χ2v) is 4.36. The lowest BCUT2D eigenvalue weighted by atomic mass is 10.2. The molecule has 0 radical (unpaired) electrons. The molecule has 0 saturated carbocycles. The van der Waals surface area contributed by atoms with E-state index in [1.54, 1.807) is 19.1 Å². The standard InChI is InChI=1S/C11H14INO2/c1-13(7-8-15-2)11(14)9-5-3-4-6-10(9)12/h3-6H,7-8H2,1-2H3. The number of methoxy groups -OCH3 is 1. The van der Waals surface area contributed by atoms with Crippen LogP contribution in [0.2, 0.25) is 0 Å². The Labute approximate surface area is 104 Å². The monoisotopic (exact) mass is 319 g/mol. The highest BCUT2D eigenvalue weighted by atomic mass is 127. The molecule has 0 spiro atoms. The Kier molecular flexibility index (Phi) is 5.04. The molecular formula is C11H14INO2. The van der Waals surface area contributed by atoms with Crippen molar-refractivity contribution in [2.24, 2.45) is 0 Å². The maximum atomic E-state index is 11.9. The van der Waals surface area contributed by atoms with Crippen LogP contribution in [0.1, 0.15) is 10.4 Å². The summed E-state index contributed by atoms with van der Waals surface area (Å²) < 4.78 is 5.91. The minimum atomic E-state index is 0.0389. The Bertz CT molecular complexity index is 341. The Balaban J connectivity index is 2.72. The molecular weight excluding hydrogens is 305 g/mol. The van der Waals surface area contributed by atoms with E-state index in [1.807, 2.05) is 24.3 Å². The Morgan fingerprint density at radius 2 is 2.13 bits per heavy atom. The molecule has 4 heteroatoms. The van der Waals surface area contributed by atoms with E-state index < -0.39 is 0 Å². The quantitative estimate of drug-likeness (QED) is 0.795. The number of carbonyl (C=O) groups excluding carboxylic acids is 1. The van der Waals surface area contributed by atoms with Crippen LogP contribution in [0.3, 0.4) is 0 Å². The highest BCUT2D eigenvalue weighted by Gasteiger charge is 2.13. The number of rotatable bonds is 4. The summed E-state index contributed by atoms with van der Waals surface area (Å²) in [6, 6.07) is 7.57. The first kappa shape index (κ1) is 12.4. The van der Waals surface area contributed by atoms with Crippen LogP contribution in [-0.4, -0.2) is 38.1 Å². The summed E-state index contributed by atoms with van der Waals surface area (Å²) in [5.74, 6) is 0.0389. The molecule has 0 heterocycles. The van der Waals surface area contributed by atoms with Crippen LogP contribution in [0.5, 0.6) is 0 Å². The first-order chi connectivity index (χ1) is 7.16. The van der Waals surface area contributed by atoms with Gasteiger partial charge in [-0.05, 0) is 34.7 Å². The van der Waals surface area contributed by atoms with Gasteiger partial charge in [-0.15, -0.1) is 0 Å². The van der Waals surface area contributed by atoms with Crippen molar-refractivity contribution in [1.82, 2.24) is 4.90 Å². The highest BCUT2D eigenvalue weighted by Crippen LogP contribution is 2.13. The summed E-state index contributed by atoms with van der Waals surface area (Å²) in [6.07, 6.45) is 0. The predicted octanol–water partition coefficient (Wildman–Crippen LogP) is 2.01. The maximum Gasteiger partial charge on any atom is 0.254 e. The third-order valence-electron chi connectivity index (χ3n) is 2.08. The lowest BCUT2D eigenvalue weighted by Crippen LogP contribution is -2.30. The Morgan fingerprint density at radius 3 is 2.73 bits per heavy atom. The smallest absolute Gasteiger partial charge is 0.254 e. The molecule has 0 saturated heterocycles. The molecule has 1 aromatic rings. The largest absolute Gasteiger partial charge is 0.383 e. The van der Waals surface area contributed by atoms with E-state index in [9.17, 15) is 4.79 Å². The van der Waals surface area contributed by atoms with Crippen LogP contribution in [0.25, 0.3) is 0 Å². The molecule has 0 bridgehead atoms. The average molecular weight is 319 g/mol. The van der Waals surface area contributed by atoms with Crippen molar-refractivity contribution < 1.29 is 9.53 Å². The van der Waals surface area contributed by atoms with Crippen LogP contribution in [0.4, 0.5) is 0 Å². The van der Waals surface area contributed by atoms with E-state index in [-0.39, 0.29) is 5.91 Å². The van der Waals surface area contributed by atoms with Crippen molar-refractivity contribution in [2.45, 2.75) is 0 Å². The Hall–Kier alpha value is -0.620. The summed E-state index contributed by atoms with van der Waals surface area (Å²) in [4.78, 5) is 13.6. The van der Waals surface area contributed by atoms with E-state index in [4.69, 9.17) is 4.74 Å². The van der Waals surface area contributed by atoms with Crippen LogP contribution < -0.4 is 0 Å². The van der Waals surface area contributed by atoms with Gasteiger partial charge in [-0.3, -0.25) is 4.79 Å². The number of amides is 1. The van der Waals surface area contributed by atoms with Gasteiger partial charge in [-0.2, -0.15) is 0 Å². The minimum Gasteiger partial charge on any atom is -0.383 e. The summed E-state index contributed by atoms with van der Waals surface area (Å²) in [7, 11) is 3.41. The number of nitrogens with zero attached hydrogens (tertiary/aromatic N) is 1. The van der Waals surface area contributed by atoms with E-state index in [0.717, 1.165) is 9.13 Å². The molecule has 0 atom stereocenters. The van der Waals surface area contributed by atoms with Gasteiger partial charge in [0.2, 0.25) is 0 Å². The predicted molar refractivity (Wildman–Crippen MR) is 68.0 cm³/mol. The first-order valence-corrected chi connectivity index (χ1v) is 5.73. The van der Waals surface area contributed by atoms with E-state index >= 15 is 0 Å². The second kappa shape index (κ2) is 6.07.